The van der Waals surface area contributed by atoms with Crippen molar-refractivity contribution in [3.05, 3.63) is 33.8 Å². The Morgan fingerprint density at radius 1 is 1.20 bits per heavy atom. The molecule has 0 radical (unpaired) electrons. The van der Waals surface area contributed by atoms with Gasteiger partial charge in [0.25, 0.3) is 5.91 Å². The van der Waals surface area contributed by atoms with Crippen LogP contribution in [0.25, 0.3) is 0 Å². The molecule has 1 saturated heterocycles. The fraction of sp³-hybridized carbons (Fsp3) is 0.111. The second kappa shape index (κ2) is 3.72. The van der Waals surface area contributed by atoms with E-state index < -0.39 is 18.0 Å². The van der Waals surface area contributed by atoms with Crippen LogP contribution in [0.5, 0.6) is 0 Å². The molecule has 0 aliphatic carbocycles. The molecule has 1 atom stereocenters. The van der Waals surface area contributed by atoms with Gasteiger partial charge in [0.2, 0.25) is 0 Å². The van der Waals surface area contributed by atoms with E-state index in [9.17, 15) is 9.59 Å². The third-order valence-electron chi connectivity index (χ3n) is 2.05. The fourth-order valence-electron chi connectivity index (χ4n) is 1.37. The van der Waals surface area contributed by atoms with Crippen LogP contribution < -0.4 is 10.6 Å². The molecular weight excluding hydrogens is 239 g/mol. The summed E-state index contributed by atoms with van der Waals surface area (Å²) in [6.07, 6.45) is 0. The van der Waals surface area contributed by atoms with Gasteiger partial charge in [-0.05, 0) is 12.1 Å². The molecule has 15 heavy (non-hydrogen) atoms. The van der Waals surface area contributed by atoms with Crippen LogP contribution in [-0.2, 0) is 4.79 Å². The lowest BCUT2D eigenvalue weighted by Gasteiger charge is -2.09. The maximum absolute atomic E-state index is 11.3. The highest BCUT2D eigenvalue weighted by atomic mass is 35.5. The summed E-state index contributed by atoms with van der Waals surface area (Å²) in [5.41, 5.74) is 0.532. The predicted molar refractivity (Wildman–Crippen MR) is 55.9 cm³/mol. The van der Waals surface area contributed by atoms with Gasteiger partial charge in [0, 0.05) is 15.6 Å². The van der Waals surface area contributed by atoms with E-state index >= 15 is 0 Å². The van der Waals surface area contributed by atoms with Crippen LogP contribution in [0.15, 0.2) is 18.2 Å². The highest BCUT2D eigenvalue weighted by molar-refractivity contribution is 6.35. The highest BCUT2D eigenvalue weighted by Crippen LogP contribution is 2.27. The molecule has 0 aromatic heterocycles. The summed E-state index contributed by atoms with van der Waals surface area (Å²) in [5.74, 6) is -0.413. The number of carbonyl (C=O) groups is 2. The second-order valence-electron chi connectivity index (χ2n) is 3.06. The molecule has 6 heteroatoms. The Balaban J connectivity index is 2.38. The van der Waals surface area contributed by atoms with Crippen LogP contribution >= 0.6 is 23.2 Å². The van der Waals surface area contributed by atoms with E-state index in [1.54, 1.807) is 12.1 Å². The van der Waals surface area contributed by atoms with Crippen molar-refractivity contribution in [2.24, 2.45) is 0 Å². The molecule has 1 aliphatic heterocycles. The van der Waals surface area contributed by atoms with Crippen molar-refractivity contribution in [3.63, 3.8) is 0 Å². The number of carbonyl (C=O) groups excluding carboxylic acids is 2. The number of urea groups is 1. The number of imide groups is 1. The summed E-state index contributed by atoms with van der Waals surface area (Å²) >= 11 is 11.6. The smallest absolute Gasteiger partial charge is 0.322 e. The number of benzene rings is 1. The molecule has 2 N–H and O–H groups in total. The molecule has 1 aromatic carbocycles. The van der Waals surface area contributed by atoms with Gasteiger partial charge in [-0.1, -0.05) is 29.3 Å². The second-order valence-corrected chi connectivity index (χ2v) is 3.91. The standard InChI is InChI=1S/C9H6Cl2N2O2/c10-4-1-2-5(6(11)3-4)7-8(14)13-9(15)12-7/h1-3,7H,(H2,12,13,14,15). The van der Waals surface area contributed by atoms with Crippen LogP contribution in [-0.4, -0.2) is 11.9 Å². The number of nitrogens with one attached hydrogen (secondary N) is 2. The Kier molecular flexibility index (Phi) is 2.54. The lowest BCUT2D eigenvalue weighted by atomic mass is 10.1. The minimum absolute atomic E-state index is 0.352. The Bertz CT molecular complexity index is 448. The Morgan fingerprint density at radius 3 is 2.47 bits per heavy atom. The van der Waals surface area contributed by atoms with Gasteiger partial charge in [-0.15, -0.1) is 0 Å². The van der Waals surface area contributed by atoms with Gasteiger partial charge in [0.15, 0.2) is 0 Å². The van der Waals surface area contributed by atoms with Crippen molar-refractivity contribution in [1.82, 2.24) is 10.6 Å². The summed E-state index contributed by atoms with van der Waals surface area (Å²) in [6.45, 7) is 0. The minimum Gasteiger partial charge on any atom is -0.322 e. The molecule has 1 aromatic rings. The zero-order chi connectivity index (χ0) is 11.0. The molecule has 3 amide bonds. The summed E-state index contributed by atoms with van der Waals surface area (Å²) in [5, 5.41) is 5.41. The van der Waals surface area contributed by atoms with Crippen LogP contribution in [0, 0.1) is 0 Å². The first kappa shape index (κ1) is 10.3. The fourth-order valence-corrected chi connectivity index (χ4v) is 1.89. The van der Waals surface area contributed by atoms with E-state index in [1.165, 1.54) is 6.07 Å². The number of hydrogen-bond acceptors (Lipinski definition) is 2. The monoisotopic (exact) mass is 244 g/mol. The van der Waals surface area contributed by atoms with Crippen molar-refractivity contribution in [2.45, 2.75) is 6.04 Å². The van der Waals surface area contributed by atoms with Gasteiger partial charge < -0.3 is 5.32 Å². The number of hydrogen-bond donors (Lipinski definition) is 2. The van der Waals surface area contributed by atoms with Crippen molar-refractivity contribution < 1.29 is 9.59 Å². The van der Waals surface area contributed by atoms with Gasteiger partial charge >= 0.3 is 6.03 Å². The number of amides is 3. The van der Waals surface area contributed by atoms with Crippen LogP contribution in [0.4, 0.5) is 4.79 Å². The zero-order valence-electron chi connectivity index (χ0n) is 7.38. The topological polar surface area (TPSA) is 58.2 Å². The maximum atomic E-state index is 11.3. The summed E-state index contributed by atoms with van der Waals surface area (Å²) < 4.78 is 0. The van der Waals surface area contributed by atoms with Crippen molar-refractivity contribution in [2.75, 3.05) is 0 Å². The van der Waals surface area contributed by atoms with Crippen molar-refractivity contribution in [1.29, 1.82) is 0 Å². The summed E-state index contributed by atoms with van der Waals surface area (Å²) in [4.78, 5) is 22.2. The third kappa shape index (κ3) is 1.91. The van der Waals surface area contributed by atoms with Gasteiger partial charge in [-0.2, -0.15) is 0 Å². The zero-order valence-corrected chi connectivity index (χ0v) is 8.89. The van der Waals surface area contributed by atoms with Gasteiger partial charge in [0.1, 0.15) is 6.04 Å². The SMILES string of the molecule is O=C1NC(=O)C(c2ccc(Cl)cc2Cl)N1. The highest BCUT2D eigenvalue weighted by Gasteiger charge is 2.32. The Hall–Kier alpha value is -1.26. The molecule has 1 unspecified atom stereocenters. The normalized spacial score (nSPS) is 20.0. The van der Waals surface area contributed by atoms with Crippen molar-refractivity contribution in [3.8, 4) is 0 Å². The summed E-state index contributed by atoms with van der Waals surface area (Å²) in [7, 11) is 0. The molecule has 1 heterocycles. The average Bonchev–Trinajstić information content (AvgIpc) is 2.45. The first-order chi connectivity index (χ1) is 7.08. The lowest BCUT2D eigenvalue weighted by molar-refractivity contribution is -0.120. The molecular formula is C9H6Cl2N2O2. The molecule has 1 fully saturated rings. The molecule has 0 bridgehead atoms. The van der Waals surface area contributed by atoms with Crippen LogP contribution in [0.1, 0.15) is 11.6 Å². The average molecular weight is 245 g/mol. The van der Waals surface area contributed by atoms with E-state index in [0.29, 0.717) is 15.6 Å². The quantitative estimate of drug-likeness (QED) is 0.742. The molecule has 4 nitrogen and oxygen atoms in total. The molecule has 1 aliphatic rings. The number of rotatable bonds is 1. The molecule has 0 spiro atoms. The predicted octanol–water partition coefficient (Wildman–Crippen LogP) is 1.87. The van der Waals surface area contributed by atoms with Crippen LogP contribution in [0.2, 0.25) is 10.0 Å². The Labute approximate surface area is 95.5 Å². The third-order valence-corrected chi connectivity index (χ3v) is 2.61. The van der Waals surface area contributed by atoms with E-state index in [1.807, 2.05) is 0 Å². The van der Waals surface area contributed by atoms with E-state index in [4.69, 9.17) is 23.2 Å². The van der Waals surface area contributed by atoms with E-state index in [-0.39, 0.29) is 0 Å². The van der Waals surface area contributed by atoms with Crippen molar-refractivity contribution >= 4 is 35.1 Å². The number of halogens is 2. The molecule has 78 valence electrons. The summed E-state index contributed by atoms with van der Waals surface area (Å²) in [6, 6.07) is 3.50. The molecule has 0 saturated carbocycles. The minimum atomic E-state index is -0.734. The Morgan fingerprint density at radius 2 is 1.93 bits per heavy atom. The van der Waals surface area contributed by atoms with Crippen LogP contribution in [0.3, 0.4) is 0 Å². The van der Waals surface area contributed by atoms with Gasteiger partial charge in [-0.3, -0.25) is 10.1 Å². The maximum Gasteiger partial charge on any atom is 0.322 e. The van der Waals surface area contributed by atoms with Gasteiger partial charge in [-0.25, -0.2) is 4.79 Å². The largest absolute Gasteiger partial charge is 0.322 e. The lowest BCUT2D eigenvalue weighted by Crippen LogP contribution is -2.22. The molecule has 2 rings (SSSR count). The first-order valence-corrected chi connectivity index (χ1v) is 4.90. The van der Waals surface area contributed by atoms with Gasteiger partial charge in [0.05, 0.1) is 0 Å². The van der Waals surface area contributed by atoms with E-state index in [2.05, 4.69) is 10.6 Å². The first-order valence-electron chi connectivity index (χ1n) is 4.14. The van der Waals surface area contributed by atoms with E-state index in [0.717, 1.165) is 0 Å².